The van der Waals surface area contributed by atoms with E-state index in [2.05, 4.69) is 4.98 Å². The minimum atomic E-state index is -1.40. The summed E-state index contributed by atoms with van der Waals surface area (Å²) >= 11 is 0. The van der Waals surface area contributed by atoms with E-state index in [4.69, 9.17) is 0 Å². The Bertz CT molecular complexity index is 353. The molecule has 68 valence electrons. The lowest BCUT2D eigenvalue weighted by atomic mass is 10.2. The van der Waals surface area contributed by atoms with Crippen LogP contribution in [0.15, 0.2) is 18.5 Å². The number of pyridine rings is 1. The molecule has 2 heterocycles. The van der Waals surface area contributed by atoms with Crippen molar-refractivity contribution in [3.8, 4) is 0 Å². The lowest BCUT2D eigenvalue weighted by Crippen LogP contribution is -2.45. The fourth-order valence-electron chi connectivity index (χ4n) is 1.47. The van der Waals surface area contributed by atoms with Crippen LogP contribution in [0.1, 0.15) is 5.56 Å². The van der Waals surface area contributed by atoms with E-state index < -0.39 is 12.3 Å². The molecule has 1 aliphatic rings. The van der Waals surface area contributed by atoms with Crippen LogP contribution in [0, 0.1) is 0 Å². The van der Waals surface area contributed by atoms with Crippen molar-refractivity contribution in [3.63, 3.8) is 0 Å². The van der Waals surface area contributed by atoms with Crippen LogP contribution < -0.4 is 10.0 Å². The van der Waals surface area contributed by atoms with Gasteiger partial charge in [0.2, 0.25) is 0 Å². The van der Waals surface area contributed by atoms with Gasteiger partial charge in [-0.1, -0.05) is 0 Å². The maximum Gasteiger partial charge on any atom is 0.143 e. The highest BCUT2D eigenvalue weighted by molar-refractivity contribution is 5.87. The summed E-state index contributed by atoms with van der Waals surface area (Å²) in [6, 6.07) is 1.68. The molecule has 0 saturated heterocycles. The first-order chi connectivity index (χ1) is 6.20. The molecule has 1 aliphatic heterocycles. The highest BCUT2D eigenvalue weighted by atomic mass is 16.4. The highest BCUT2D eigenvalue weighted by Crippen LogP contribution is 2.29. The van der Waals surface area contributed by atoms with Gasteiger partial charge in [-0.05, 0) is 11.6 Å². The highest BCUT2D eigenvalue weighted by Gasteiger charge is 2.28. The SMILES string of the molecule is O=C([O-])N1c2cnccc2CC1O. The maximum absolute atomic E-state index is 10.6. The molecule has 0 bridgehead atoms. The summed E-state index contributed by atoms with van der Waals surface area (Å²) in [7, 11) is 0. The number of aliphatic hydroxyl groups excluding tert-OH is 1. The predicted molar refractivity (Wildman–Crippen MR) is 41.8 cm³/mol. The molecule has 1 amide bonds. The summed E-state index contributed by atoms with van der Waals surface area (Å²) in [4.78, 5) is 15.2. The number of carbonyl (C=O) groups excluding carboxylic acids is 1. The number of carbonyl (C=O) groups is 1. The standard InChI is InChI=1S/C8H8N2O3/c11-7-3-5-1-2-9-4-6(5)10(7)8(12)13/h1-2,4,7,11H,3H2,(H,12,13)/p-1. The predicted octanol–water partition coefficient (Wildman–Crippen LogP) is -0.894. The van der Waals surface area contributed by atoms with Gasteiger partial charge >= 0.3 is 0 Å². The molecule has 5 nitrogen and oxygen atoms in total. The van der Waals surface area contributed by atoms with Crippen molar-refractivity contribution in [1.82, 2.24) is 4.98 Å². The number of amides is 1. The molecule has 1 aromatic heterocycles. The van der Waals surface area contributed by atoms with Crippen LogP contribution >= 0.6 is 0 Å². The Morgan fingerprint density at radius 1 is 1.77 bits per heavy atom. The van der Waals surface area contributed by atoms with Crippen molar-refractivity contribution in [1.29, 1.82) is 0 Å². The van der Waals surface area contributed by atoms with Crippen LogP contribution in [-0.2, 0) is 6.42 Å². The van der Waals surface area contributed by atoms with Gasteiger partial charge in [-0.15, -0.1) is 0 Å². The molecular formula is C8H7N2O3-. The van der Waals surface area contributed by atoms with Crippen LogP contribution in [0.3, 0.4) is 0 Å². The Balaban J connectivity index is 2.46. The number of anilines is 1. The molecule has 1 unspecified atom stereocenters. The molecule has 0 radical (unpaired) electrons. The molecule has 0 spiro atoms. The Hall–Kier alpha value is -1.62. The van der Waals surface area contributed by atoms with Crippen molar-refractivity contribution < 1.29 is 15.0 Å². The normalized spacial score (nSPS) is 20.1. The van der Waals surface area contributed by atoms with E-state index in [0.717, 1.165) is 10.5 Å². The lowest BCUT2D eigenvalue weighted by molar-refractivity contribution is -0.248. The fraction of sp³-hybridized carbons (Fsp3) is 0.250. The third-order valence-electron chi connectivity index (χ3n) is 2.04. The Labute approximate surface area is 74.2 Å². The number of aromatic nitrogens is 1. The monoisotopic (exact) mass is 179 g/mol. The van der Waals surface area contributed by atoms with Crippen molar-refractivity contribution >= 4 is 11.8 Å². The molecule has 1 N–H and O–H groups in total. The zero-order valence-corrected chi connectivity index (χ0v) is 6.67. The molecule has 0 saturated carbocycles. The topological polar surface area (TPSA) is 76.5 Å². The molecule has 1 aromatic rings. The maximum atomic E-state index is 10.6. The van der Waals surface area contributed by atoms with Crippen molar-refractivity contribution in [2.45, 2.75) is 12.6 Å². The lowest BCUT2D eigenvalue weighted by Gasteiger charge is -2.23. The number of rotatable bonds is 0. The third kappa shape index (κ3) is 1.13. The Morgan fingerprint density at radius 3 is 3.23 bits per heavy atom. The zero-order valence-electron chi connectivity index (χ0n) is 6.67. The number of fused-ring (bicyclic) bond motifs is 1. The van der Waals surface area contributed by atoms with Gasteiger partial charge in [0.25, 0.3) is 0 Å². The van der Waals surface area contributed by atoms with E-state index in [9.17, 15) is 15.0 Å². The third-order valence-corrected chi connectivity index (χ3v) is 2.04. The van der Waals surface area contributed by atoms with E-state index in [0.29, 0.717) is 12.1 Å². The summed E-state index contributed by atoms with van der Waals surface area (Å²) < 4.78 is 0. The van der Waals surface area contributed by atoms with Gasteiger partial charge in [-0.25, -0.2) is 0 Å². The van der Waals surface area contributed by atoms with Gasteiger partial charge in [-0.2, -0.15) is 0 Å². The smallest absolute Gasteiger partial charge is 0.143 e. The molecule has 2 rings (SSSR count). The first kappa shape index (κ1) is 8.00. The minimum absolute atomic E-state index is 0.297. The van der Waals surface area contributed by atoms with Gasteiger partial charge < -0.3 is 15.0 Å². The van der Waals surface area contributed by atoms with Gasteiger partial charge in [0.05, 0.1) is 11.9 Å². The summed E-state index contributed by atoms with van der Waals surface area (Å²) in [5.41, 5.74) is 1.18. The molecule has 0 aliphatic carbocycles. The first-order valence-corrected chi connectivity index (χ1v) is 3.81. The Kier molecular flexibility index (Phi) is 1.66. The van der Waals surface area contributed by atoms with Gasteiger partial charge in [0, 0.05) is 12.6 Å². The molecule has 5 heteroatoms. The average Bonchev–Trinajstić information content (AvgIpc) is 2.39. The van der Waals surface area contributed by atoms with E-state index in [1.165, 1.54) is 6.20 Å². The van der Waals surface area contributed by atoms with Crippen LogP contribution in [-0.4, -0.2) is 22.4 Å². The summed E-state index contributed by atoms with van der Waals surface area (Å²) in [5, 5.41) is 20.0. The second-order valence-corrected chi connectivity index (χ2v) is 2.83. The van der Waals surface area contributed by atoms with Crippen LogP contribution in [0.5, 0.6) is 0 Å². The van der Waals surface area contributed by atoms with Crippen molar-refractivity contribution in [3.05, 3.63) is 24.0 Å². The van der Waals surface area contributed by atoms with Crippen LogP contribution in [0.4, 0.5) is 10.5 Å². The summed E-state index contributed by atoms with van der Waals surface area (Å²) in [6.45, 7) is 0. The fourth-order valence-corrected chi connectivity index (χ4v) is 1.47. The summed E-state index contributed by atoms with van der Waals surface area (Å²) in [5.74, 6) is 0. The van der Waals surface area contributed by atoms with E-state index in [1.54, 1.807) is 12.3 Å². The first-order valence-electron chi connectivity index (χ1n) is 3.81. The Morgan fingerprint density at radius 2 is 2.54 bits per heavy atom. The molecule has 0 aromatic carbocycles. The van der Waals surface area contributed by atoms with Crippen LogP contribution in [0.25, 0.3) is 0 Å². The minimum Gasteiger partial charge on any atom is -0.530 e. The molecule has 0 fully saturated rings. The molecule has 1 atom stereocenters. The average molecular weight is 179 g/mol. The quantitative estimate of drug-likeness (QED) is 0.560. The van der Waals surface area contributed by atoms with Crippen molar-refractivity contribution in [2.75, 3.05) is 4.90 Å². The number of nitrogens with zero attached hydrogens (tertiary/aromatic N) is 2. The molecular weight excluding hydrogens is 172 g/mol. The van der Waals surface area contributed by atoms with E-state index >= 15 is 0 Å². The van der Waals surface area contributed by atoms with Gasteiger partial charge in [0.15, 0.2) is 0 Å². The van der Waals surface area contributed by atoms with Crippen molar-refractivity contribution in [2.24, 2.45) is 0 Å². The van der Waals surface area contributed by atoms with Gasteiger partial charge in [0.1, 0.15) is 12.3 Å². The largest absolute Gasteiger partial charge is 0.530 e. The van der Waals surface area contributed by atoms with Gasteiger partial charge in [-0.3, -0.25) is 9.88 Å². The number of hydrogen-bond acceptors (Lipinski definition) is 4. The molecule has 13 heavy (non-hydrogen) atoms. The second-order valence-electron chi connectivity index (χ2n) is 2.83. The van der Waals surface area contributed by atoms with Crippen LogP contribution in [0.2, 0.25) is 0 Å². The summed E-state index contributed by atoms with van der Waals surface area (Å²) in [6.07, 6.45) is 0.820. The number of hydrogen-bond donors (Lipinski definition) is 1. The number of carboxylic acid groups (broad SMARTS) is 1. The zero-order chi connectivity index (χ0) is 9.42. The van der Waals surface area contributed by atoms with E-state index in [1.807, 2.05) is 0 Å². The number of aliphatic hydroxyl groups is 1. The second kappa shape index (κ2) is 2.70. The van der Waals surface area contributed by atoms with E-state index in [-0.39, 0.29) is 0 Å².